The van der Waals surface area contributed by atoms with Gasteiger partial charge in [0, 0.05) is 16.7 Å². The third-order valence-electron chi connectivity index (χ3n) is 10.2. The van der Waals surface area contributed by atoms with Crippen LogP contribution in [0.25, 0.3) is 0 Å². The first-order chi connectivity index (χ1) is 18.7. The molecule has 0 saturated carbocycles. The van der Waals surface area contributed by atoms with Crippen LogP contribution in [0.2, 0.25) is 49.4 Å². The van der Waals surface area contributed by atoms with Gasteiger partial charge in [-0.2, -0.15) is 0 Å². The normalized spacial score (nSPS) is 17.4. The minimum atomic E-state index is -2.29. The Balaban J connectivity index is 1.76. The second-order valence-corrected chi connectivity index (χ2v) is 29.2. The van der Waals surface area contributed by atoms with Crippen molar-refractivity contribution in [1.82, 2.24) is 0 Å². The van der Waals surface area contributed by atoms with Crippen LogP contribution in [-0.4, -0.2) is 30.7 Å². The first-order valence-electron chi connectivity index (χ1n) is 14.7. The summed E-state index contributed by atoms with van der Waals surface area (Å²) < 4.78 is 20.1. The smallest absolute Gasteiger partial charge is 0.340 e. The molecule has 0 atom stereocenters. The largest absolute Gasteiger partial charge is 0.544 e. The Bertz CT molecular complexity index is 1460. The molecule has 3 aromatic rings. The number of hydrogen-bond acceptors (Lipinski definition) is 4. The third kappa shape index (κ3) is 4.55. The molecule has 0 radical (unpaired) electrons. The molecule has 0 amide bonds. The molecule has 7 heteroatoms. The van der Waals surface area contributed by atoms with Crippen LogP contribution in [0.15, 0.2) is 60.7 Å². The number of rotatable bonds is 4. The topological polar surface area (TPSA) is 44.8 Å². The van der Waals surface area contributed by atoms with Crippen molar-refractivity contribution in [3.8, 4) is 11.5 Å². The van der Waals surface area contributed by atoms with Crippen LogP contribution in [0.5, 0.6) is 11.5 Å². The van der Waals surface area contributed by atoms with Gasteiger partial charge in [-0.25, -0.2) is 4.79 Å². The van der Waals surface area contributed by atoms with Crippen LogP contribution in [0.4, 0.5) is 0 Å². The first kappa shape index (κ1) is 29.9. The molecular formula is C34H46O4Si3. The average Bonchev–Trinajstić information content (AvgIpc) is 3.14. The molecule has 1 spiro atoms. The van der Waals surface area contributed by atoms with Gasteiger partial charge in [0.1, 0.15) is 19.6 Å². The Kier molecular flexibility index (Phi) is 6.69. The predicted octanol–water partition coefficient (Wildman–Crippen LogP) is 8.05. The summed E-state index contributed by atoms with van der Waals surface area (Å²) in [6, 6.07) is 20.8. The lowest BCUT2D eigenvalue weighted by molar-refractivity contribution is 0.0255. The second-order valence-electron chi connectivity index (χ2n) is 15.4. The highest BCUT2D eigenvalue weighted by molar-refractivity contribution is 7.01. The van der Waals surface area contributed by atoms with Gasteiger partial charge in [-0.05, 0) is 77.0 Å². The Labute approximate surface area is 249 Å². The van der Waals surface area contributed by atoms with Gasteiger partial charge in [0.2, 0.25) is 16.6 Å². The van der Waals surface area contributed by atoms with Crippen molar-refractivity contribution in [1.29, 1.82) is 0 Å². The fourth-order valence-electron chi connectivity index (χ4n) is 5.62. The van der Waals surface area contributed by atoms with Crippen LogP contribution in [-0.2, 0) is 10.3 Å². The van der Waals surface area contributed by atoms with Gasteiger partial charge in [0.25, 0.3) is 0 Å². The lowest BCUT2D eigenvalue weighted by Crippen LogP contribution is -2.63. The molecule has 0 saturated heterocycles. The molecule has 218 valence electrons. The maximum atomic E-state index is 13.4. The summed E-state index contributed by atoms with van der Waals surface area (Å²) in [4.78, 5) is 13.4. The van der Waals surface area contributed by atoms with E-state index in [1.165, 1.54) is 10.4 Å². The molecule has 0 fully saturated rings. The molecule has 0 aromatic heterocycles. The molecular weight excluding hydrogens is 557 g/mol. The van der Waals surface area contributed by atoms with Crippen molar-refractivity contribution in [3.05, 3.63) is 82.9 Å². The monoisotopic (exact) mass is 602 g/mol. The Morgan fingerprint density at radius 2 is 1.12 bits per heavy atom. The number of fused-ring (bicyclic) bond motifs is 6. The number of hydrogen-bond donors (Lipinski definition) is 0. The SMILES string of the molecule is CC(C)(C)[Si](C)(C)Oc1ccc2c(c1)[Si](C)(C)c1cc(O[Si](C)(C)C(C)(C)C)ccc1C21OC(=O)c2ccccc21. The van der Waals surface area contributed by atoms with Crippen LogP contribution in [0.1, 0.15) is 68.6 Å². The van der Waals surface area contributed by atoms with E-state index in [0.717, 1.165) is 28.2 Å². The van der Waals surface area contributed by atoms with Crippen molar-refractivity contribution in [2.45, 2.75) is 96.5 Å². The highest BCUT2D eigenvalue weighted by Crippen LogP contribution is 2.50. The Morgan fingerprint density at radius 3 is 1.56 bits per heavy atom. The van der Waals surface area contributed by atoms with E-state index in [0.29, 0.717) is 5.56 Å². The Hall–Kier alpha value is -2.62. The molecule has 3 aromatic carbocycles. The quantitative estimate of drug-likeness (QED) is 0.224. The van der Waals surface area contributed by atoms with E-state index >= 15 is 0 Å². The van der Waals surface area contributed by atoms with Gasteiger partial charge in [0.05, 0.1) is 5.56 Å². The lowest BCUT2D eigenvalue weighted by Gasteiger charge is -2.44. The van der Waals surface area contributed by atoms with Crippen LogP contribution in [0.3, 0.4) is 0 Å². The molecule has 2 aliphatic heterocycles. The van der Waals surface area contributed by atoms with E-state index in [-0.39, 0.29) is 16.0 Å². The van der Waals surface area contributed by atoms with Crippen molar-refractivity contribution in [2.75, 3.05) is 0 Å². The molecule has 2 heterocycles. The third-order valence-corrected chi connectivity index (χ3v) is 22.5. The molecule has 0 bridgehead atoms. The standard InChI is InChI=1S/C34H46O4Si3/c1-32(2,3)40(9,10)37-23-17-19-27-29(21-23)39(7,8)30-22-24(38-41(11,12)33(4,5)6)18-20-28(30)34(27)26-16-14-13-15-25(26)31(35)36-34/h13-22H,1-12H3. The predicted molar refractivity (Wildman–Crippen MR) is 177 cm³/mol. The van der Waals surface area contributed by atoms with Crippen molar-refractivity contribution < 1.29 is 18.4 Å². The van der Waals surface area contributed by atoms with E-state index in [9.17, 15) is 4.79 Å². The fraction of sp³-hybridized carbons (Fsp3) is 0.441. The second kappa shape index (κ2) is 9.19. The summed E-state index contributed by atoms with van der Waals surface area (Å²) in [5.74, 6) is 1.53. The van der Waals surface area contributed by atoms with Gasteiger partial charge in [0.15, 0.2) is 5.60 Å². The zero-order chi connectivity index (χ0) is 30.4. The summed E-state index contributed by atoms with van der Waals surface area (Å²) in [7, 11) is -6.41. The molecule has 0 N–H and O–H groups in total. The molecule has 0 unspecified atom stereocenters. The van der Waals surface area contributed by atoms with E-state index < -0.39 is 30.3 Å². The molecule has 4 nitrogen and oxygen atoms in total. The van der Waals surface area contributed by atoms with E-state index in [1.54, 1.807) is 0 Å². The first-order valence-corrected chi connectivity index (χ1v) is 23.5. The minimum Gasteiger partial charge on any atom is -0.544 e. The summed E-state index contributed by atoms with van der Waals surface area (Å²) >= 11 is 0. The zero-order valence-corrected chi connectivity index (χ0v) is 29.9. The highest BCUT2D eigenvalue weighted by Gasteiger charge is 2.56. The average molecular weight is 603 g/mol. The number of esters is 1. The van der Waals surface area contributed by atoms with Crippen molar-refractivity contribution in [2.24, 2.45) is 0 Å². The maximum absolute atomic E-state index is 13.4. The van der Waals surface area contributed by atoms with E-state index in [4.69, 9.17) is 13.6 Å². The lowest BCUT2D eigenvalue weighted by atomic mass is 9.79. The number of benzene rings is 3. The van der Waals surface area contributed by atoms with E-state index in [1.807, 2.05) is 24.3 Å². The molecule has 0 aliphatic carbocycles. The van der Waals surface area contributed by atoms with Crippen molar-refractivity contribution in [3.63, 3.8) is 0 Å². The molecule has 41 heavy (non-hydrogen) atoms. The van der Waals surface area contributed by atoms with Gasteiger partial charge in [-0.15, -0.1) is 0 Å². The summed E-state index contributed by atoms with van der Waals surface area (Å²) in [6.07, 6.45) is 0. The fourth-order valence-corrected chi connectivity index (χ4v) is 10.8. The Morgan fingerprint density at radius 1 is 0.683 bits per heavy atom. The summed E-state index contributed by atoms with van der Waals surface area (Å²) in [5.41, 5.74) is 2.66. The van der Waals surface area contributed by atoms with Gasteiger partial charge in [-0.3, -0.25) is 0 Å². The van der Waals surface area contributed by atoms with Gasteiger partial charge >= 0.3 is 5.97 Å². The highest BCUT2D eigenvalue weighted by atomic mass is 28.4. The number of carbonyl (C=O) groups is 1. The van der Waals surface area contributed by atoms with Crippen LogP contribution < -0.4 is 19.2 Å². The van der Waals surface area contributed by atoms with Crippen LogP contribution >= 0.6 is 0 Å². The van der Waals surface area contributed by atoms with E-state index in [2.05, 4.69) is 117 Å². The summed E-state index contributed by atoms with van der Waals surface area (Å²) in [5, 5.41) is 2.66. The molecule has 5 rings (SSSR count). The number of carbonyl (C=O) groups excluding carboxylic acids is 1. The van der Waals surface area contributed by atoms with Gasteiger partial charge in [-0.1, -0.05) is 85.0 Å². The van der Waals surface area contributed by atoms with Crippen LogP contribution in [0, 0.1) is 0 Å². The zero-order valence-electron chi connectivity index (χ0n) is 26.9. The minimum absolute atomic E-state index is 0.0829. The maximum Gasteiger partial charge on any atom is 0.340 e. The summed E-state index contributed by atoms with van der Waals surface area (Å²) in [6.45, 7) is 27.5. The van der Waals surface area contributed by atoms with Gasteiger partial charge < -0.3 is 13.6 Å². The molecule has 2 aliphatic rings. The van der Waals surface area contributed by atoms with Crippen molar-refractivity contribution >= 4 is 41.1 Å². The number of ether oxygens (including phenoxy) is 1.